The zero-order valence-corrected chi connectivity index (χ0v) is 18.0. The van der Waals surface area contributed by atoms with Crippen LogP contribution in [0.5, 0.6) is 0 Å². The molecule has 29 heavy (non-hydrogen) atoms. The number of hydrogen-bond donors (Lipinski definition) is 1. The number of piperidine rings is 1. The maximum Gasteiger partial charge on any atom is 0.294 e. The van der Waals surface area contributed by atoms with E-state index in [1.165, 1.54) is 6.42 Å². The van der Waals surface area contributed by atoms with Crippen LogP contribution >= 0.6 is 0 Å². The fourth-order valence-electron chi connectivity index (χ4n) is 4.30. The summed E-state index contributed by atoms with van der Waals surface area (Å²) >= 11 is 0. The Morgan fingerprint density at radius 2 is 1.48 bits per heavy atom. The molecule has 1 aliphatic heterocycles. The molecular formula is C24H34N2O3. The van der Waals surface area contributed by atoms with Gasteiger partial charge in [-0.1, -0.05) is 64.3 Å². The predicted octanol–water partition coefficient (Wildman–Crippen LogP) is 3.85. The van der Waals surface area contributed by atoms with Crippen molar-refractivity contribution in [2.75, 3.05) is 13.1 Å². The van der Waals surface area contributed by atoms with Gasteiger partial charge in [0.15, 0.2) is 0 Å². The average Bonchev–Trinajstić information content (AvgIpc) is 2.73. The molecule has 2 amide bonds. The van der Waals surface area contributed by atoms with Crippen molar-refractivity contribution in [2.24, 2.45) is 5.92 Å². The second kappa shape index (κ2) is 9.10. The van der Waals surface area contributed by atoms with E-state index in [2.05, 4.69) is 26.1 Å². The first-order valence-corrected chi connectivity index (χ1v) is 11.0. The van der Waals surface area contributed by atoms with Gasteiger partial charge in [0, 0.05) is 30.6 Å². The number of nitrogens with zero attached hydrogens (tertiary/aromatic N) is 1. The molecule has 0 radical (unpaired) electrons. The van der Waals surface area contributed by atoms with Crippen LogP contribution in [-0.2, 0) is 15.0 Å². The summed E-state index contributed by atoms with van der Waals surface area (Å²) in [6, 6.07) is 7.45. The average molecular weight is 399 g/mol. The van der Waals surface area contributed by atoms with Crippen molar-refractivity contribution >= 4 is 17.6 Å². The van der Waals surface area contributed by atoms with E-state index < -0.39 is 11.7 Å². The van der Waals surface area contributed by atoms with Crippen LogP contribution < -0.4 is 5.32 Å². The molecule has 1 heterocycles. The van der Waals surface area contributed by atoms with Gasteiger partial charge in [0.25, 0.3) is 5.91 Å². The highest BCUT2D eigenvalue weighted by Crippen LogP contribution is 2.25. The lowest BCUT2D eigenvalue weighted by molar-refractivity contribution is -0.128. The number of carbonyl (C=O) groups excluding carboxylic acids is 3. The number of Topliss-reactive ketones (excluding diaryl/α,β-unsaturated/α-hetero) is 1. The lowest BCUT2D eigenvalue weighted by Crippen LogP contribution is -2.49. The Kier molecular flexibility index (Phi) is 6.76. The second-order valence-corrected chi connectivity index (χ2v) is 9.57. The molecule has 5 nitrogen and oxygen atoms in total. The molecule has 2 fully saturated rings. The van der Waals surface area contributed by atoms with Crippen molar-refractivity contribution in [1.82, 2.24) is 10.2 Å². The number of rotatable bonds is 4. The molecule has 0 bridgehead atoms. The molecule has 3 rings (SSSR count). The summed E-state index contributed by atoms with van der Waals surface area (Å²) in [5.74, 6) is -0.564. The minimum Gasteiger partial charge on any atom is -0.353 e. The van der Waals surface area contributed by atoms with E-state index in [0.717, 1.165) is 31.2 Å². The van der Waals surface area contributed by atoms with Gasteiger partial charge in [-0.25, -0.2) is 0 Å². The normalized spacial score (nSPS) is 19.1. The van der Waals surface area contributed by atoms with Crippen molar-refractivity contribution in [1.29, 1.82) is 0 Å². The standard InChI is InChI=1S/C24H34N2O3/c1-24(2,3)19-11-9-17(10-12-19)21(27)23(29)26-15-13-20(14-16-26)25-22(28)18-7-5-4-6-8-18/h9-12,18,20H,4-8,13-16H2,1-3H3,(H,25,28). The van der Waals surface area contributed by atoms with E-state index in [4.69, 9.17) is 0 Å². The van der Waals surface area contributed by atoms with Crippen LogP contribution in [0.15, 0.2) is 24.3 Å². The molecule has 0 spiro atoms. The predicted molar refractivity (Wildman–Crippen MR) is 114 cm³/mol. The lowest BCUT2D eigenvalue weighted by Gasteiger charge is -2.33. The van der Waals surface area contributed by atoms with Gasteiger partial charge in [0.05, 0.1) is 0 Å². The van der Waals surface area contributed by atoms with Crippen LogP contribution in [0, 0.1) is 5.92 Å². The first kappa shape index (κ1) is 21.5. The minimum absolute atomic E-state index is 0.00945. The molecule has 0 atom stereocenters. The molecule has 1 saturated carbocycles. The fraction of sp³-hybridized carbons (Fsp3) is 0.625. The van der Waals surface area contributed by atoms with Gasteiger partial charge in [-0.15, -0.1) is 0 Å². The summed E-state index contributed by atoms with van der Waals surface area (Å²) in [6.07, 6.45) is 6.92. The molecule has 1 aromatic rings. The third-order valence-electron chi connectivity index (χ3n) is 6.31. The van der Waals surface area contributed by atoms with Gasteiger partial charge in [-0.3, -0.25) is 14.4 Å². The van der Waals surface area contributed by atoms with Gasteiger partial charge < -0.3 is 10.2 Å². The smallest absolute Gasteiger partial charge is 0.294 e. The van der Waals surface area contributed by atoms with E-state index in [1.54, 1.807) is 17.0 Å². The first-order chi connectivity index (χ1) is 13.8. The third kappa shape index (κ3) is 5.46. The Labute approximate surface area is 174 Å². The van der Waals surface area contributed by atoms with E-state index in [1.807, 2.05) is 12.1 Å². The van der Waals surface area contributed by atoms with Crippen LogP contribution in [0.2, 0.25) is 0 Å². The SMILES string of the molecule is CC(C)(C)c1ccc(C(=O)C(=O)N2CCC(NC(=O)C3CCCCC3)CC2)cc1. The summed E-state index contributed by atoms with van der Waals surface area (Å²) in [5, 5.41) is 3.17. The number of amides is 2. The van der Waals surface area contributed by atoms with Crippen LogP contribution in [0.1, 0.15) is 81.6 Å². The number of carbonyl (C=O) groups is 3. The van der Waals surface area contributed by atoms with Gasteiger partial charge in [-0.05, 0) is 36.7 Å². The summed E-state index contributed by atoms with van der Waals surface area (Å²) in [7, 11) is 0. The number of ketones is 1. The van der Waals surface area contributed by atoms with Crippen molar-refractivity contribution in [3.63, 3.8) is 0 Å². The Hall–Kier alpha value is -2.17. The zero-order chi connectivity index (χ0) is 21.0. The molecule has 1 saturated heterocycles. The molecule has 158 valence electrons. The second-order valence-electron chi connectivity index (χ2n) is 9.57. The van der Waals surface area contributed by atoms with Crippen molar-refractivity contribution in [3.8, 4) is 0 Å². The number of hydrogen-bond acceptors (Lipinski definition) is 3. The molecule has 1 aromatic carbocycles. The lowest BCUT2D eigenvalue weighted by atomic mass is 9.86. The maximum absolute atomic E-state index is 12.6. The van der Waals surface area contributed by atoms with Crippen molar-refractivity contribution in [2.45, 2.75) is 77.2 Å². The first-order valence-electron chi connectivity index (χ1n) is 11.0. The number of nitrogens with one attached hydrogen (secondary N) is 1. The molecular weight excluding hydrogens is 364 g/mol. The topological polar surface area (TPSA) is 66.5 Å². The third-order valence-corrected chi connectivity index (χ3v) is 6.31. The molecule has 1 N–H and O–H groups in total. The summed E-state index contributed by atoms with van der Waals surface area (Å²) in [4.78, 5) is 39.3. The monoisotopic (exact) mass is 398 g/mol. The molecule has 5 heteroatoms. The van der Waals surface area contributed by atoms with Gasteiger partial charge in [-0.2, -0.15) is 0 Å². The van der Waals surface area contributed by atoms with E-state index in [0.29, 0.717) is 31.5 Å². The zero-order valence-electron chi connectivity index (χ0n) is 18.0. The highest BCUT2D eigenvalue weighted by molar-refractivity contribution is 6.42. The fourth-order valence-corrected chi connectivity index (χ4v) is 4.30. The summed E-state index contributed by atoms with van der Waals surface area (Å²) in [5.41, 5.74) is 1.59. The van der Waals surface area contributed by atoms with Crippen LogP contribution in [0.25, 0.3) is 0 Å². The van der Waals surface area contributed by atoms with Crippen LogP contribution in [0.4, 0.5) is 0 Å². The summed E-state index contributed by atoms with van der Waals surface area (Å²) in [6.45, 7) is 7.38. The highest BCUT2D eigenvalue weighted by atomic mass is 16.2. The Morgan fingerprint density at radius 1 is 0.897 bits per heavy atom. The number of likely N-dealkylation sites (tertiary alicyclic amines) is 1. The molecule has 2 aliphatic rings. The number of benzene rings is 1. The van der Waals surface area contributed by atoms with Crippen molar-refractivity contribution in [3.05, 3.63) is 35.4 Å². The van der Waals surface area contributed by atoms with Crippen molar-refractivity contribution < 1.29 is 14.4 Å². The Bertz CT molecular complexity index is 734. The van der Waals surface area contributed by atoms with E-state index in [-0.39, 0.29) is 23.3 Å². The molecule has 1 aliphatic carbocycles. The molecule has 0 aromatic heterocycles. The largest absolute Gasteiger partial charge is 0.353 e. The van der Waals surface area contributed by atoms with E-state index >= 15 is 0 Å². The highest BCUT2D eigenvalue weighted by Gasteiger charge is 2.30. The Balaban J connectivity index is 1.50. The van der Waals surface area contributed by atoms with Gasteiger partial charge in [0.2, 0.25) is 11.7 Å². The maximum atomic E-state index is 12.6. The van der Waals surface area contributed by atoms with Gasteiger partial charge in [0.1, 0.15) is 0 Å². The minimum atomic E-state index is -0.449. The molecule has 0 unspecified atom stereocenters. The Morgan fingerprint density at radius 3 is 2.03 bits per heavy atom. The van der Waals surface area contributed by atoms with E-state index in [9.17, 15) is 14.4 Å². The van der Waals surface area contributed by atoms with Gasteiger partial charge >= 0.3 is 0 Å². The van der Waals surface area contributed by atoms with Crippen LogP contribution in [-0.4, -0.2) is 41.6 Å². The summed E-state index contributed by atoms with van der Waals surface area (Å²) < 4.78 is 0. The van der Waals surface area contributed by atoms with Crippen LogP contribution in [0.3, 0.4) is 0 Å². The quantitative estimate of drug-likeness (QED) is 0.619.